The van der Waals surface area contributed by atoms with Gasteiger partial charge in [0.2, 0.25) is 0 Å². The predicted molar refractivity (Wildman–Crippen MR) is 109 cm³/mol. The van der Waals surface area contributed by atoms with Crippen LogP contribution in [-0.2, 0) is 34.7 Å². The molecular formula is C21H30N2O3S. The number of hydrogen-bond acceptors (Lipinski definition) is 5. The molecule has 148 valence electrons. The molecule has 1 aromatic heterocycles. The number of aryl methyl sites for hydroxylation is 1. The molecule has 0 fully saturated rings. The van der Waals surface area contributed by atoms with Crippen molar-refractivity contribution in [3.8, 4) is 5.75 Å². The first-order valence-corrected chi connectivity index (χ1v) is 10.6. The zero-order valence-corrected chi connectivity index (χ0v) is 17.6. The van der Waals surface area contributed by atoms with Crippen LogP contribution in [0.2, 0.25) is 0 Å². The zero-order valence-electron chi connectivity index (χ0n) is 16.8. The van der Waals surface area contributed by atoms with Gasteiger partial charge in [-0.1, -0.05) is 50.6 Å². The monoisotopic (exact) mass is 390 g/mol. The maximum absolute atomic E-state index is 12.1. The van der Waals surface area contributed by atoms with Gasteiger partial charge in [-0.05, 0) is 37.5 Å². The summed E-state index contributed by atoms with van der Waals surface area (Å²) in [6.07, 6.45) is 3.91. The van der Waals surface area contributed by atoms with Crippen LogP contribution in [0.5, 0.6) is 5.75 Å². The average Bonchev–Trinajstić information content (AvgIpc) is 2.98. The number of esters is 1. The molecule has 0 aliphatic carbocycles. The molecule has 0 saturated carbocycles. The number of rotatable bonds is 11. The van der Waals surface area contributed by atoms with Crippen molar-refractivity contribution in [2.24, 2.45) is 0 Å². The number of hydrogen-bond donors (Lipinski definition) is 0. The van der Waals surface area contributed by atoms with Crippen LogP contribution in [-0.4, -0.2) is 29.2 Å². The fourth-order valence-corrected chi connectivity index (χ4v) is 3.94. The summed E-state index contributed by atoms with van der Waals surface area (Å²) in [6.45, 7) is 6.77. The van der Waals surface area contributed by atoms with Gasteiger partial charge in [0.25, 0.3) is 0 Å². The van der Waals surface area contributed by atoms with Crippen LogP contribution in [0.3, 0.4) is 0 Å². The summed E-state index contributed by atoms with van der Waals surface area (Å²) in [5.74, 6) is 1.44. The third-order valence-corrected chi connectivity index (χ3v) is 5.26. The highest BCUT2D eigenvalue weighted by molar-refractivity contribution is 7.98. The molecule has 2 rings (SSSR count). The molecule has 27 heavy (non-hydrogen) atoms. The van der Waals surface area contributed by atoms with Crippen LogP contribution in [0.15, 0.2) is 29.4 Å². The first kappa shape index (κ1) is 21.4. The molecule has 0 aliphatic rings. The Labute approximate surface area is 166 Å². The summed E-state index contributed by atoms with van der Waals surface area (Å²) in [6, 6.07) is 8.05. The molecule has 0 amide bonds. The Balaban J connectivity index is 2.25. The van der Waals surface area contributed by atoms with Gasteiger partial charge in [0.05, 0.1) is 19.4 Å². The summed E-state index contributed by atoms with van der Waals surface area (Å²) in [5.41, 5.74) is 3.48. The van der Waals surface area contributed by atoms with Crippen molar-refractivity contribution in [3.05, 3.63) is 41.2 Å². The Morgan fingerprint density at radius 2 is 1.81 bits per heavy atom. The summed E-state index contributed by atoms with van der Waals surface area (Å²) in [5, 5.41) is 0.894. The molecule has 2 aromatic rings. The average molecular weight is 391 g/mol. The second-order valence-corrected chi connectivity index (χ2v) is 7.26. The fourth-order valence-electron chi connectivity index (χ4n) is 2.94. The summed E-state index contributed by atoms with van der Waals surface area (Å²) in [7, 11) is 1.67. The summed E-state index contributed by atoms with van der Waals surface area (Å²) in [4.78, 5) is 17.0. The minimum Gasteiger partial charge on any atom is -0.497 e. The lowest BCUT2D eigenvalue weighted by Crippen LogP contribution is -2.16. The van der Waals surface area contributed by atoms with Gasteiger partial charge < -0.3 is 14.0 Å². The third-order valence-electron chi connectivity index (χ3n) is 4.21. The highest BCUT2D eigenvalue weighted by Gasteiger charge is 2.19. The Bertz CT molecular complexity index is 726. The topological polar surface area (TPSA) is 53.4 Å². The largest absolute Gasteiger partial charge is 0.497 e. The van der Waals surface area contributed by atoms with E-state index in [0.717, 1.165) is 48.0 Å². The number of carbonyl (C=O) groups is 1. The van der Waals surface area contributed by atoms with Crippen molar-refractivity contribution in [2.45, 2.75) is 63.9 Å². The number of ether oxygens (including phenoxy) is 2. The maximum Gasteiger partial charge on any atom is 0.326 e. The number of imidazole rings is 1. The number of carbonyl (C=O) groups excluding carboxylic acids is 1. The first-order valence-electron chi connectivity index (χ1n) is 9.62. The third kappa shape index (κ3) is 6.03. The minimum atomic E-state index is -0.207. The highest BCUT2D eigenvalue weighted by atomic mass is 32.2. The lowest BCUT2D eigenvalue weighted by molar-refractivity contribution is -0.144. The second kappa shape index (κ2) is 11.0. The smallest absolute Gasteiger partial charge is 0.326 e. The number of thioether (sulfide) groups is 1. The minimum absolute atomic E-state index is 0.207. The van der Waals surface area contributed by atoms with Gasteiger partial charge in [0.15, 0.2) is 5.16 Å². The molecular weight excluding hydrogens is 360 g/mol. The van der Waals surface area contributed by atoms with Gasteiger partial charge >= 0.3 is 5.97 Å². The van der Waals surface area contributed by atoms with E-state index in [0.29, 0.717) is 6.61 Å². The Kier molecular flexibility index (Phi) is 8.72. The molecule has 6 heteroatoms. The van der Waals surface area contributed by atoms with Crippen molar-refractivity contribution >= 4 is 17.7 Å². The fraction of sp³-hybridized carbons (Fsp3) is 0.524. The Morgan fingerprint density at radius 3 is 2.41 bits per heavy atom. The van der Waals surface area contributed by atoms with Gasteiger partial charge in [0.1, 0.15) is 12.3 Å². The van der Waals surface area contributed by atoms with Gasteiger partial charge in [-0.15, -0.1) is 0 Å². The summed E-state index contributed by atoms with van der Waals surface area (Å²) < 4.78 is 12.5. The summed E-state index contributed by atoms with van der Waals surface area (Å²) >= 11 is 1.66. The maximum atomic E-state index is 12.1. The van der Waals surface area contributed by atoms with Crippen molar-refractivity contribution in [3.63, 3.8) is 0 Å². The van der Waals surface area contributed by atoms with Gasteiger partial charge in [0, 0.05) is 11.4 Å². The molecule has 0 radical (unpaired) electrons. The lowest BCUT2D eigenvalue weighted by atomic mass is 10.1. The highest BCUT2D eigenvalue weighted by Crippen LogP contribution is 2.27. The molecule has 0 unspecified atom stereocenters. The van der Waals surface area contributed by atoms with Gasteiger partial charge in [-0.3, -0.25) is 4.79 Å². The van der Waals surface area contributed by atoms with E-state index in [4.69, 9.17) is 14.5 Å². The van der Waals surface area contributed by atoms with Crippen molar-refractivity contribution < 1.29 is 14.3 Å². The lowest BCUT2D eigenvalue weighted by Gasteiger charge is -2.11. The molecule has 0 spiro atoms. The molecule has 0 N–H and O–H groups in total. The number of methoxy groups -OCH3 is 1. The molecule has 0 atom stereocenters. The molecule has 1 heterocycles. The van der Waals surface area contributed by atoms with Gasteiger partial charge in [-0.25, -0.2) is 4.98 Å². The van der Waals surface area contributed by atoms with Crippen LogP contribution in [0, 0.1) is 0 Å². The van der Waals surface area contributed by atoms with E-state index in [2.05, 4.69) is 30.5 Å². The second-order valence-electron chi connectivity index (χ2n) is 6.32. The molecule has 1 aromatic carbocycles. The van der Waals surface area contributed by atoms with E-state index in [1.54, 1.807) is 18.9 Å². The quantitative estimate of drug-likeness (QED) is 0.413. The Morgan fingerprint density at radius 1 is 1.11 bits per heavy atom. The van der Waals surface area contributed by atoms with Gasteiger partial charge in [-0.2, -0.15) is 0 Å². The van der Waals surface area contributed by atoms with E-state index in [1.807, 2.05) is 19.1 Å². The first-order chi connectivity index (χ1) is 13.1. The van der Waals surface area contributed by atoms with Crippen LogP contribution in [0.1, 0.15) is 50.6 Å². The molecule has 0 aliphatic heterocycles. The van der Waals surface area contributed by atoms with E-state index in [9.17, 15) is 4.79 Å². The van der Waals surface area contributed by atoms with Crippen molar-refractivity contribution in [1.82, 2.24) is 9.55 Å². The van der Waals surface area contributed by atoms with Crippen LogP contribution in [0.25, 0.3) is 0 Å². The van der Waals surface area contributed by atoms with E-state index >= 15 is 0 Å². The van der Waals surface area contributed by atoms with Crippen LogP contribution >= 0.6 is 11.8 Å². The predicted octanol–water partition coefficient (Wildman–Crippen LogP) is 4.65. The number of benzene rings is 1. The molecule has 5 nitrogen and oxygen atoms in total. The normalized spacial score (nSPS) is 10.8. The Hall–Kier alpha value is -1.95. The SMILES string of the molecule is CCCc1nc(SCc2ccc(OC)cc2)n(CC(=O)OCC)c1CCC. The van der Waals surface area contributed by atoms with Crippen molar-refractivity contribution in [2.75, 3.05) is 13.7 Å². The van der Waals surface area contributed by atoms with E-state index in [-0.39, 0.29) is 12.5 Å². The van der Waals surface area contributed by atoms with E-state index < -0.39 is 0 Å². The zero-order chi connectivity index (χ0) is 19.6. The molecule has 0 saturated heterocycles. The number of aromatic nitrogens is 2. The number of nitrogens with zero attached hydrogens (tertiary/aromatic N) is 2. The van der Waals surface area contributed by atoms with Crippen LogP contribution < -0.4 is 4.74 Å². The van der Waals surface area contributed by atoms with E-state index in [1.165, 1.54) is 11.3 Å². The van der Waals surface area contributed by atoms with Crippen molar-refractivity contribution in [1.29, 1.82) is 0 Å². The standard InChI is InChI=1S/C21H30N2O3S/c1-5-8-18-19(9-6-2)23(14-20(24)26-7-3)21(22-18)27-15-16-10-12-17(25-4)13-11-16/h10-13H,5-9,14-15H2,1-4H3. The molecule has 0 bridgehead atoms. The van der Waals surface area contributed by atoms with Crippen LogP contribution in [0.4, 0.5) is 0 Å².